The minimum atomic E-state index is -4.80. The number of fused-ring (bicyclic) bond motifs is 1. The van der Waals surface area contributed by atoms with Crippen molar-refractivity contribution in [3.05, 3.63) is 88.3 Å². The Kier molecular flexibility index (Phi) is 8.07. The van der Waals surface area contributed by atoms with E-state index in [1.54, 1.807) is 35.2 Å². The Morgan fingerprint density at radius 3 is 2.45 bits per heavy atom. The molecule has 38 heavy (non-hydrogen) atoms. The molecule has 2 N–H and O–H groups in total. The first kappa shape index (κ1) is 27.6. The zero-order valence-corrected chi connectivity index (χ0v) is 20.6. The maximum Gasteiger partial charge on any atom is 0.449 e. The lowest BCUT2D eigenvalue weighted by molar-refractivity contribution is -0.147. The van der Waals surface area contributed by atoms with Crippen LogP contribution in [0, 0.1) is 17.5 Å². The maximum atomic E-state index is 14.0. The lowest BCUT2D eigenvalue weighted by Gasteiger charge is -2.32. The number of nitrogens with zero attached hydrogens (tertiary/aromatic N) is 3. The van der Waals surface area contributed by atoms with E-state index in [0.29, 0.717) is 11.6 Å². The zero-order chi connectivity index (χ0) is 27.6. The van der Waals surface area contributed by atoms with Gasteiger partial charge in [-0.1, -0.05) is 42.5 Å². The molecule has 13 heteroatoms. The average Bonchev–Trinajstić information content (AvgIpc) is 3.26. The van der Waals surface area contributed by atoms with Crippen molar-refractivity contribution in [1.29, 1.82) is 0 Å². The summed E-state index contributed by atoms with van der Waals surface area (Å²) in [6.07, 6.45) is -4.93. The van der Waals surface area contributed by atoms with Gasteiger partial charge in [0.05, 0.1) is 17.2 Å². The lowest BCUT2D eigenvalue weighted by atomic mass is 10.0. The minimum Gasteiger partial charge on any atom is -0.456 e. The molecule has 0 radical (unpaired) electrons. The highest BCUT2D eigenvalue weighted by molar-refractivity contribution is 7.80. The molecule has 202 valence electrons. The quantitative estimate of drug-likeness (QED) is 0.196. The Balaban J connectivity index is 1.48. The standard InChI is InChI=1S/C25H22F6N4O2S/c26-17-11-19(28)18(27)9-15(17)8-16(32)10-21(38)34-6-7-35-20(12-34)22(33-24(35)25(29,30)31)23(36)37-13-14-4-2-1-3-5-14/h1-5,9,11,16H,6-8,10,12-13,32H2/t16-/m0/s1. The number of halogens is 6. The third-order valence-electron chi connectivity index (χ3n) is 6.03. The molecule has 0 unspecified atom stereocenters. The van der Waals surface area contributed by atoms with Crippen LogP contribution in [-0.4, -0.2) is 38.0 Å². The van der Waals surface area contributed by atoms with E-state index >= 15 is 0 Å². The second kappa shape index (κ2) is 11.1. The summed E-state index contributed by atoms with van der Waals surface area (Å²) in [4.78, 5) is 18.1. The van der Waals surface area contributed by atoms with Gasteiger partial charge in [-0.3, -0.25) is 0 Å². The lowest BCUT2D eigenvalue weighted by Crippen LogP contribution is -2.41. The van der Waals surface area contributed by atoms with Gasteiger partial charge in [-0.05, 0) is 23.6 Å². The van der Waals surface area contributed by atoms with Gasteiger partial charge in [0.15, 0.2) is 17.3 Å². The molecular formula is C25H22F6N4O2S. The van der Waals surface area contributed by atoms with Crippen LogP contribution in [0.3, 0.4) is 0 Å². The van der Waals surface area contributed by atoms with Crippen LogP contribution in [0.4, 0.5) is 26.3 Å². The predicted octanol–water partition coefficient (Wildman–Crippen LogP) is 4.78. The predicted molar refractivity (Wildman–Crippen MR) is 128 cm³/mol. The minimum absolute atomic E-state index is 0.00999. The largest absolute Gasteiger partial charge is 0.456 e. The average molecular weight is 557 g/mol. The fourth-order valence-corrected chi connectivity index (χ4v) is 4.55. The number of thiocarbonyl (C=S) groups is 1. The summed E-state index contributed by atoms with van der Waals surface area (Å²) in [6, 6.07) is 9.00. The molecular weight excluding hydrogens is 534 g/mol. The molecule has 2 aromatic carbocycles. The topological polar surface area (TPSA) is 73.4 Å². The Hall–Kier alpha value is -3.45. The van der Waals surface area contributed by atoms with Crippen LogP contribution >= 0.6 is 12.2 Å². The van der Waals surface area contributed by atoms with Crippen molar-refractivity contribution in [3.8, 4) is 0 Å². The maximum absolute atomic E-state index is 14.0. The Labute approximate surface area is 219 Å². The molecule has 0 saturated heterocycles. The molecule has 3 aromatic rings. The highest BCUT2D eigenvalue weighted by Crippen LogP contribution is 2.33. The van der Waals surface area contributed by atoms with Gasteiger partial charge in [0.1, 0.15) is 12.4 Å². The summed E-state index contributed by atoms with van der Waals surface area (Å²) in [6.45, 7) is -0.388. The number of rotatable bonds is 7. The number of alkyl halides is 3. The van der Waals surface area contributed by atoms with Crippen molar-refractivity contribution in [1.82, 2.24) is 14.5 Å². The first-order valence-corrected chi connectivity index (χ1v) is 11.9. The van der Waals surface area contributed by atoms with E-state index in [1.807, 2.05) is 0 Å². The number of hydrogen-bond donors (Lipinski definition) is 1. The summed E-state index contributed by atoms with van der Waals surface area (Å²) in [7, 11) is 0. The van der Waals surface area contributed by atoms with Crippen LogP contribution in [0.5, 0.6) is 0 Å². The van der Waals surface area contributed by atoms with Crippen LogP contribution in [-0.2, 0) is 37.0 Å². The molecule has 1 aliphatic heterocycles. The number of esters is 1. The van der Waals surface area contributed by atoms with Gasteiger partial charge in [-0.25, -0.2) is 22.9 Å². The molecule has 1 aromatic heterocycles. The van der Waals surface area contributed by atoms with Crippen LogP contribution in [0.2, 0.25) is 0 Å². The Morgan fingerprint density at radius 1 is 1.08 bits per heavy atom. The molecule has 0 saturated carbocycles. The number of imidazole rings is 1. The van der Waals surface area contributed by atoms with E-state index in [0.717, 1.165) is 10.6 Å². The third-order valence-corrected chi connectivity index (χ3v) is 6.45. The number of nitrogens with two attached hydrogens (primary N) is 1. The van der Waals surface area contributed by atoms with Gasteiger partial charge < -0.3 is 19.9 Å². The molecule has 0 bridgehead atoms. The van der Waals surface area contributed by atoms with Crippen LogP contribution in [0.25, 0.3) is 0 Å². The number of aromatic nitrogens is 2. The SMILES string of the molecule is N[C@H](CC(=S)N1CCn2c(C(F)(F)F)nc(C(=O)OCc3ccccc3)c2C1)Cc1cc(F)c(F)cc1F. The van der Waals surface area contributed by atoms with Crippen molar-refractivity contribution in [2.24, 2.45) is 5.73 Å². The fraction of sp³-hybridized carbons (Fsp3) is 0.320. The number of carbonyl (C=O) groups excluding carboxylic acids is 1. The summed E-state index contributed by atoms with van der Waals surface area (Å²) in [5.74, 6) is -5.71. The van der Waals surface area contributed by atoms with E-state index in [1.165, 1.54) is 0 Å². The molecule has 1 atom stereocenters. The number of carbonyl (C=O) groups is 1. The second-order valence-corrected chi connectivity index (χ2v) is 9.25. The molecule has 0 aliphatic carbocycles. The number of hydrogen-bond acceptors (Lipinski definition) is 5. The third kappa shape index (κ3) is 6.16. The van der Waals surface area contributed by atoms with Gasteiger partial charge >= 0.3 is 12.1 Å². The zero-order valence-electron chi connectivity index (χ0n) is 19.8. The van der Waals surface area contributed by atoms with Crippen molar-refractivity contribution in [3.63, 3.8) is 0 Å². The smallest absolute Gasteiger partial charge is 0.449 e. The van der Waals surface area contributed by atoms with Gasteiger partial charge in [0, 0.05) is 31.6 Å². The molecule has 0 amide bonds. The summed E-state index contributed by atoms with van der Waals surface area (Å²) >= 11 is 5.43. The highest BCUT2D eigenvalue weighted by Gasteiger charge is 2.41. The normalized spacial score (nSPS) is 14.2. The van der Waals surface area contributed by atoms with E-state index < -0.39 is 47.2 Å². The Morgan fingerprint density at radius 2 is 1.76 bits per heavy atom. The molecule has 2 heterocycles. The second-order valence-electron chi connectivity index (χ2n) is 8.78. The van der Waals surface area contributed by atoms with Crippen molar-refractivity contribution < 1.29 is 35.9 Å². The van der Waals surface area contributed by atoms with Crippen LogP contribution in [0.1, 0.15) is 39.6 Å². The van der Waals surface area contributed by atoms with Crippen molar-refractivity contribution >= 4 is 23.2 Å². The van der Waals surface area contributed by atoms with Crippen molar-refractivity contribution in [2.75, 3.05) is 6.54 Å². The Bertz CT molecular complexity index is 1350. The van der Waals surface area contributed by atoms with Crippen LogP contribution in [0.15, 0.2) is 42.5 Å². The molecule has 6 nitrogen and oxygen atoms in total. The van der Waals surface area contributed by atoms with Gasteiger partial charge in [0.2, 0.25) is 5.82 Å². The summed E-state index contributed by atoms with van der Waals surface area (Å²) < 4.78 is 87.8. The van der Waals surface area contributed by atoms with E-state index in [2.05, 4.69) is 4.98 Å². The fourth-order valence-electron chi connectivity index (χ4n) is 4.18. The number of benzene rings is 2. The summed E-state index contributed by atoms with van der Waals surface area (Å²) in [5, 5.41) is 0. The van der Waals surface area contributed by atoms with Gasteiger partial charge in [-0.2, -0.15) is 13.2 Å². The molecule has 1 aliphatic rings. The summed E-state index contributed by atoms with van der Waals surface area (Å²) in [5.41, 5.74) is 6.11. The van der Waals surface area contributed by atoms with Gasteiger partial charge in [-0.15, -0.1) is 0 Å². The molecule has 0 fully saturated rings. The van der Waals surface area contributed by atoms with Crippen molar-refractivity contribution in [2.45, 2.75) is 44.8 Å². The monoisotopic (exact) mass is 556 g/mol. The van der Waals surface area contributed by atoms with Gasteiger partial charge in [0.25, 0.3) is 0 Å². The first-order chi connectivity index (χ1) is 17.9. The van der Waals surface area contributed by atoms with E-state index in [-0.39, 0.29) is 55.3 Å². The molecule has 0 spiro atoms. The van der Waals surface area contributed by atoms with E-state index in [4.69, 9.17) is 22.7 Å². The van der Waals surface area contributed by atoms with E-state index in [9.17, 15) is 31.1 Å². The highest BCUT2D eigenvalue weighted by atomic mass is 32.1. The number of ether oxygens (including phenoxy) is 1. The first-order valence-electron chi connectivity index (χ1n) is 11.5. The van der Waals surface area contributed by atoms with Crippen LogP contribution < -0.4 is 5.73 Å². The molecule has 4 rings (SSSR count).